The van der Waals surface area contributed by atoms with Crippen molar-refractivity contribution in [3.63, 3.8) is 0 Å². The molecule has 0 heterocycles. The molecule has 15 heavy (non-hydrogen) atoms. The Bertz CT molecular complexity index is 170. The third-order valence-electron chi connectivity index (χ3n) is 2.54. The van der Waals surface area contributed by atoms with Crippen LogP contribution in [0.2, 0.25) is 0 Å². The monoisotopic (exact) mass is 226 g/mol. The van der Waals surface area contributed by atoms with Crippen molar-refractivity contribution in [2.75, 3.05) is 0 Å². The first-order valence-electron chi connectivity index (χ1n) is 6.21. The second kappa shape index (κ2) is 11.9. The smallest absolute Gasteiger partial charge is 0.00513 e. The van der Waals surface area contributed by atoms with Gasteiger partial charge in [-0.05, 0) is 39.5 Å². The van der Waals surface area contributed by atoms with Crippen LogP contribution in [0.25, 0.3) is 0 Å². The molecule has 0 saturated heterocycles. The molecule has 0 rings (SSSR count). The third-order valence-corrected chi connectivity index (χ3v) is 3.01. The molecular formula is C14H26S. The summed E-state index contributed by atoms with van der Waals surface area (Å²) in [4.78, 5) is 0. The van der Waals surface area contributed by atoms with Crippen LogP contribution in [0.5, 0.6) is 0 Å². The minimum Gasteiger partial charge on any atom is -0.176 e. The van der Waals surface area contributed by atoms with E-state index in [1.807, 2.05) is 0 Å². The largest absolute Gasteiger partial charge is 0.176 e. The first-order valence-corrected chi connectivity index (χ1v) is 6.73. The summed E-state index contributed by atoms with van der Waals surface area (Å²) in [5, 5.41) is 0.566. The van der Waals surface area contributed by atoms with E-state index in [2.05, 4.69) is 50.8 Å². The quantitative estimate of drug-likeness (QED) is 0.313. The van der Waals surface area contributed by atoms with Crippen molar-refractivity contribution in [3.05, 3.63) is 24.3 Å². The van der Waals surface area contributed by atoms with E-state index in [0.29, 0.717) is 5.25 Å². The van der Waals surface area contributed by atoms with E-state index >= 15 is 0 Å². The average Bonchev–Trinajstić information content (AvgIpc) is 2.25. The van der Waals surface area contributed by atoms with Crippen molar-refractivity contribution < 1.29 is 0 Å². The highest BCUT2D eigenvalue weighted by Gasteiger charge is 1.99. The molecule has 0 aromatic carbocycles. The SMILES string of the molecule is CC=CCCCCCCC(S)CC=CC. The topological polar surface area (TPSA) is 0 Å². The fourth-order valence-corrected chi connectivity index (χ4v) is 1.88. The number of allylic oxidation sites excluding steroid dienone is 4. The second-order valence-electron chi connectivity index (χ2n) is 4.02. The molecule has 1 heteroatoms. The Labute approximate surface area is 101 Å². The molecule has 0 bridgehead atoms. The molecule has 0 saturated carbocycles. The molecule has 0 aromatic rings. The van der Waals surface area contributed by atoms with Gasteiger partial charge in [-0.1, -0.05) is 43.6 Å². The molecule has 0 N–H and O–H groups in total. The Kier molecular flexibility index (Phi) is 11.8. The molecule has 0 aliphatic carbocycles. The molecule has 88 valence electrons. The van der Waals surface area contributed by atoms with Crippen molar-refractivity contribution in [3.8, 4) is 0 Å². The molecule has 0 nitrogen and oxygen atoms in total. The average molecular weight is 226 g/mol. The Morgan fingerprint density at radius 3 is 2.27 bits per heavy atom. The Balaban J connectivity index is 3.16. The summed E-state index contributed by atoms with van der Waals surface area (Å²) in [6.45, 7) is 4.16. The van der Waals surface area contributed by atoms with E-state index in [1.54, 1.807) is 0 Å². The lowest BCUT2D eigenvalue weighted by Crippen LogP contribution is -1.96. The fourth-order valence-electron chi connectivity index (χ4n) is 1.57. The molecule has 0 radical (unpaired) electrons. The lowest BCUT2D eigenvalue weighted by Gasteiger charge is -2.06. The summed E-state index contributed by atoms with van der Waals surface area (Å²) >= 11 is 4.56. The highest BCUT2D eigenvalue weighted by atomic mass is 32.1. The van der Waals surface area contributed by atoms with E-state index in [9.17, 15) is 0 Å². The van der Waals surface area contributed by atoms with Gasteiger partial charge in [-0.25, -0.2) is 0 Å². The fraction of sp³-hybridized carbons (Fsp3) is 0.714. The van der Waals surface area contributed by atoms with Crippen LogP contribution in [0.3, 0.4) is 0 Å². The standard InChI is InChI=1S/C14H26S/c1-3-5-7-8-9-10-11-13-14(15)12-6-4-2/h3-6,14-15H,7-13H2,1-2H3. The van der Waals surface area contributed by atoms with Crippen LogP contribution in [0, 0.1) is 0 Å². The maximum atomic E-state index is 4.56. The first kappa shape index (κ1) is 14.8. The van der Waals surface area contributed by atoms with Crippen LogP contribution < -0.4 is 0 Å². The van der Waals surface area contributed by atoms with Gasteiger partial charge in [0.25, 0.3) is 0 Å². The van der Waals surface area contributed by atoms with Gasteiger partial charge in [0.1, 0.15) is 0 Å². The molecule has 0 aromatic heterocycles. The number of hydrogen-bond acceptors (Lipinski definition) is 1. The summed E-state index contributed by atoms with van der Waals surface area (Å²) in [5.74, 6) is 0. The van der Waals surface area contributed by atoms with Gasteiger partial charge < -0.3 is 0 Å². The minimum atomic E-state index is 0.566. The first-order chi connectivity index (χ1) is 7.31. The molecule has 0 aliphatic heterocycles. The number of rotatable bonds is 9. The molecule has 1 unspecified atom stereocenters. The lowest BCUT2D eigenvalue weighted by molar-refractivity contribution is 0.607. The van der Waals surface area contributed by atoms with Crippen molar-refractivity contribution >= 4 is 12.6 Å². The van der Waals surface area contributed by atoms with E-state index in [0.717, 1.165) is 6.42 Å². The van der Waals surface area contributed by atoms with Gasteiger partial charge in [0.2, 0.25) is 0 Å². The summed E-state index contributed by atoms with van der Waals surface area (Å²) in [6, 6.07) is 0. The van der Waals surface area contributed by atoms with Crippen LogP contribution >= 0.6 is 12.6 Å². The van der Waals surface area contributed by atoms with Crippen LogP contribution in [0.1, 0.15) is 58.8 Å². The van der Waals surface area contributed by atoms with E-state index in [4.69, 9.17) is 0 Å². The normalized spacial score (nSPS) is 14.1. The summed E-state index contributed by atoms with van der Waals surface area (Å²) in [7, 11) is 0. The van der Waals surface area contributed by atoms with Crippen molar-refractivity contribution in [1.29, 1.82) is 0 Å². The Morgan fingerprint density at radius 2 is 1.60 bits per heavy atom. The lowest BCUT2D eigenvalue weighted by atomic mass is 10.1. The molecule has 1 atom stereocenters. The number of hydrogen-bond donors (Lipinski definition) is 1. The maximum absolute atomic E-state index is 4.56. The van der Waals surface area contributed by atoms with Gasteiger partial charge in [0, 0.05) is 5.25 Å². The molecule has 0 spiro atoms. The Hall–Kier alpha value is -0.170. The predicted octanol–water partition coefficient (Wildman–Crippen LogP) is 5.17. The van der Waals surface area contributed by atoms with Gasteiger partial charge in [-0.3, -0.25) is 0 Å². The van der Waals surface area contributed by atoms with Gasteiger partial charge in [-0.2, -0.15) is 12.6 Å². The van der Waals surface area contributed by atoms with Crippen LogP contribution in [0.15, 0.2) is 24.3 Å². The molecule has 0 amide bonds. The minimum absolute atomic E-state index is 0.566. The summed E-state index contributed by atoms with van der Waals surface area (Å²) in [6.07, 6.45) is 17.8. The van der Waals surface area contributed by atoms with Gasteiger partial charge in [0.05, 0.1) is 0 Å². The molecule has 0 aliphatic rings. The maximum Gasteiger partial charge on any atom is 0.00513 e. The highest BCUT2D eigenvalue weighted by molar-refractivity contribution is 7.80. The van der Waals surface area contributed by atoms with Crippen molar-refractivity contribution in [2.24, 2.45) is 0 Å². The predicted molar refractivity (Wildman–Crippen MR) is 74.7 cm³/mol. The zero-order chi connectivity index (χ0) is 11.4. The van der Waals surface area contributed by atoms with E-state index in [-0.39, 0.29) is 0 Å². The second-order valence-corrected chi connectivity index (χ2v) is 4.75. The van der Waals surface area contributed by atoms with Gasteiger partial charge in [-0.15, -0.1) is 0 Å². The van der Waals surface area contributed by atoms with Crippen molar-refractivity contribution in [1.82, 2.24) is 0 Å². The van der Waals surface area contributed by atoms with E-state index < -0.39 is 0 Å². The Morgan fingerprint density at radius 1 is 0.933 bits per heavy atom. The highest BCUT2D eigenvalue weighted by Crippen LogP contribution is 2.14. The van der Waals surface area contributed by atoms with Gasteiger partial charge in [0.15, 0.2) is 0 Å². The zero-order valence-electron chi connectivity index (χ0n) is 10.3. The number of thiol groups is 1. The summed E-state index contributed by atoms with van der Waals surface area (Å²) in [5.41, 5.74) is 0. The van der Waals surface area contributed by atoms with Crippen molar-refractivity contribution in [2.45, 2.75) is 64.0 Å². The van der Waals surface area contributed by atoms with E-state index in [1.165, 1.54) is 38.5 Å². The van der Waals surface area contributed by atoms with Crippen LogP contribution in [-0.4, -0.2) is 5.25 Å². The van der Waals surface area contributed by atoms with Crippen LogP contribution in [-0.2, 0) is 0 Å². The zero-order valence-corrected chi connectivity index (χ0v) is 11.2. The third kappa shape index (κ3) is 11.8. The molecule has 0 fully saturated rings. The number of unbranched alkanes of at least 4 members (excludes halogenated alkanes) is 4. The van der Waals surface area contributed by atoms with Gasteiger partial charge >= 0.3 is 0 Å². The van der Waals surface area contributed by atoms with Crippen LogP contribution in [0.4, 0.5) is 0 Å². The molecular weight excluding hydrogens is 200 g/mol. The summed E-state index contributed by atoms with van der Waals surface area (Å²) < 4.78 is 0.